The molecular weight excluding hydrogens is 474 g/mol. The molecule has 0 bridgehead atoms. The lowest BCUT2D eigenvalue weighted by Crippen LogP contribution is -2.44. The maximum absolute atomic E-state index is 13.5. The number of hydrogen-bond donors (Lipinski definition) is 1. The van der Waals surface area contributed by atoms with Gasteiger partial charge >= 0.3 is 6.03 Å². The first-order valence-corrected chi connectivity index (χ1v) is 12.9. The minimum Gasteiger partial charge on any atom is -0.494 e. The normalized spacial score (nSPS) is 10.6. The lowest BCUT2D eigenvalue weighted by molar-refractivity contribution is -0.133. The Morgan fingerprint density at radius 1 is 0.944 bits per heavy atom. The third-order valence-electron chi connectivity index (χ3n) is 5.52. The van der Waals surface area contributed by atoms with Crippen LogP contribution in [0.15, 0.2) is 66.7 Å². The van der Waals surface area contributed by atoms with Crippen LogP contribution in [0.25, 0.3) is 0 Å². The second-order valence-electron chi connectivity index (χ2n) is 8.40. The van der Waals surface area contributed by atoms with Gasteiger partial charge in [-0.05, 0) is 62.2 Å². The summed E-state index contributed by atoms with van der Waals surface area (Å²) in [5.74, 6) is 0.632. The number of nitrogens with zero attached hydrogens (tertiary/aromatic N) is 2. The highest BCUT2D eigenvalue weighted by molar-refractivity contribution is 7.11. The highest BCUT2D eigenvalue weighted by Gasteiger charge is 2.22. The van der Waals surface area contributed by atoms with Gasteiger partial charge in [0.2, 0.25) is 5.91 Å². The number of nitrogens with one attached hydrogen (secondary N) is 1. The van der Waals surface area contributed by atoms with Crippen molar-refractivity contribution in [3.05, 3.63) is 82.0 Å². The van der Waals surface area contributed by atoms with E-state index in [9.17, 15) is 9.59 Å². The predicted molar refractivity (Wildman–Crippen MR) is 144 cm³/mol. The number of aryl methyl sites for hydroxylation is 1. The van der Waals surface area contributed by atoms with E-state index in [0.717, 1.165) is 16.2 Å². The van der Waals surface area contributed by atoms with Crippen molar-refractivity contribution in [3.8, 4) is 5.75 Å². The van der Waals surface area contributed by atoms with Gasteiger partial charge in [-0.1, -0.05) is 30.3 Å². The molecule has 3 amide bonds. The molecule has 0 aliphatic carbocycles. The second-order valence-corrected chi connectivity index (χ2v) is 9.78. The number of carbonyl (C=O) groups excluding carboxylic acids is 2. The first kappa shape index (κ1) is 27.2. The van der Waals surface area contributed by atoms with E-state index in [0.29, 0.717) is 45.0 Å². The molecule has 0 unspecified atom stereocenters. The summed E-state index contributed by atoms with van der Waals surface area (Å²) in [6.07, 6.45) is 0.628. The topological polar surface area (TPSA) is 71.1 Å². The lowest BCUT2D eigenvalue weighted by atomic mass is 10.2. The van der Waals surface area contributed by atoms with Crippen molar-refractivity contribution in [2.45, 2.75) is 33.4 Å². The molecule has 0 aliphatic rings. The summed E-state index contributed by atoms with van der Waals surface area (Å²) in [4.78, 5) is 32.4. The number of anilines is 1. The molecule has 0 aliphatic heterocycles. The molecular formula is C28H35N3O4S. The van der Waals surface area contributed by atoms with Crippen LogP contribution in [0, 0.1) is 6.92 Å². The zero-order valence-electron chi connectivity index (χ0n) is 21.2. The van der Waals surface area contributed by atoms with Crippen LogP contribution in [0.4, 0.5) is 10.5 Å². The predicted octanol–water partition coefficient (Wildman–Crippen LogP) is 5.55. The smallest absolute Gasteiger partial charge is 0.322 e. The minimum atomic E-state index is -0.324. The second kappa shape index (κ2) is 14.3. The summed E-state index contributed by atoms with van der Waals surface area (Å²) in [6.45, 7) is 6.41. The zero-order valence-corrected chi connectivity index (χ0v) is 22.1. The van der Waals surface area contributed by atoms with Gasteiger partial charge in [0.15, 0.2) is 0 Å². The molecule has 3 aromatic rings. The highest BCUT2D eigenvalue weighted by Crippen LogP contribution is 2.20. The molecule has 0 atom stereocenters. The molecule has 0 saturated heterocycles. The van der Waals surface area contributed by atoms with Gasteiger partial charge in [0, 0.05) is 42.2 Å². The Hall–Kier alpha value is -3.36. The number of amides is 3. The van der Waals surface area contributed by atoms with Crippen molar-refractivity contribution >= 4 is 29.0 Å². The van der Waals surface area contributed by atoms with Crippen LogP contribution in [0.1, 0.15) is 28.7 Å². The number of methoxy groups -OCH3 is 1. The van der Waals surface area contributed by atoms with Gasteiger partial charge in [0.05, 0.1) is 13.2 Å². The van der Waals surface area contributed by atoms with Gasteiger partial charge in [-0.15, -0.1) is 11.3 Å². The molecule has 8 heteroatoms. The summed E-state index contributed by atoms with van der Waals surface area (Å²) >= 11 is 1.68. The lowest BCUT2D eigenvalue weighted by Gasteiger charge is -2.28. The summed E-state index contributed by atoms with van der Waals surface area (Å²) in [7, 11) is 1.63. The van der Waals surface area contributed by atoms with Crippen LogP contribution < -0.4 is 10.1 Å². The maximum atomic E-state index is 13.5. The Bertz CT molecular complexity index is 1090. The number of ether oxygens (including phenoxy) is 2. The van der Waals surface area contributed by atoms with Crippen LogP contribution in [0.5, 0.6) is 5.75 Å². The largest absolute Gasteiger partial charge is 0.494 e. The van der Waals surface area contributed by atoms with Gasteiger partial charge in [-0.25, -0.2) is 4.79 Å². The SMILES string of the molecule is CCOc1ccc(NC(=O)N(CCCOC)CC(=O)N(Cc2ccccc2)Cc2ccc(C)s2)cc1. The number of thiophene rings is 1. The van der Waals surface area contributed by atoms with Crippen molar-refractivity contribution in [1.29, 1.82) is 0 Å². The van der Waals surface area contributed by atoms with Crippen LogP contribution in [-0.2, 0) is 22.6 Å². The fourth-order valence-corrected chi connectivity index (χ4v) is 4.62. The molecule has 7 nitrogen and oxygen atoms in total. The van der Waals surface area contributed by atoms with Crippen molar-refractivity contribution in [1.82, 2.24) is 9.80 Å². The Kier molecular flexibility index (Phi) is 10.8. The molecule has 1 aromatic heterocycles. The average Bonchev–Trinajstić information content (AvgIpc) is 3.29. The van der Waals surface area contributed by atoms with Crippen molar-refractivity contribution in [3.63, 3.8) is 0 Å². The zero-order chi connectivity index (χ0) is 25.8. The quantitative estimate of drug-likeness (QED) is 0.307. The van der Waals surface area contributed by atoms with Crippen molar-refractivity contribution < 1.29 is 19.1 Å². The van der Waals surface area contributed by atoms with E-state index in [1.54, 1.807) is 35.5 Å². The first-order valence-electron chi connectivity index (χ1n) is 12.1. The standard InChI is InChI=1S/C28H35N3O4S/c1-4-35-25-14-12-24(13-15-25)29-28(33)30(17-8-18-34-3)21-27(32)31(19-23-9-6-5-7-10-23)20-26-16-11-22(2)36-26/h5-7,9-16H,4,8,17-21H2,1-3H3,(H,29,33). The highest BCUT2D eigenvalue weighted by atomic mass is 32.1. The molecule has 0 radical (unpaired) electrons. The van der Waals surface area contributed by atoms with Crippen LogP contribution >= 0.6 is 11.3 Å². The van der Waals surface area contributed by atoms with Gasteiger partial charge in [0.1, 0.15) is 12.3 Å². The van der Waals surface area contributed by atoms with Gasteiger partial charge in [-0.2, -0.15) is 0 Å². The summed E-state index contributed by atoms with van der Waals surface area (Å²) in [5.41, 5.74) is 1.69. The fraction of sp³-hybridized carbons (Fsp3) is 0.357. The van der Waals surface area contributed by atoms with E-state index in [-0.39, 0.29) is 18.5 Å². The molecule has 36 heavy (non-hydrogen) atoms. The van der Waals surface area contributed by atoms with Crippen LogP contribution in [0.2, 0.25) is 0 Å². The molecule has 0 saturated carbocycles. The molecule has 2 aromatic carbocycles. The van der Waals surface area contributed by atoms with E-state index < -0.39 is 0 Å². The molecule has 1 N–H and O–H groups in total. The summed E-state index contributed by atoms with van der Waals surface area (Å²) in [6, 6.07) is 20.9. The third-order valence-corrected chi connectivity index (χ3v) is 6.50. The molecule has 192 valence electrons. The van der Waals surface area contributed by atoms with Crippen molar-refractivity contribution in [2.75, 3.05) is 38.7 Å². The maximum Gasteiger partial charge on any atom is 0.322 e. The van der Waals surface area contributed by atoms with E-state index in [1.807, 2.05) is 54.3 Å². The molecule has 3 rings (SSSR count). The fourth-order valence-electron chi connectivity index (χ4n) is 3.71. The number of rotatable bonds is 13. The van der Waals surface area contributed by atoms with E-state index >= 15 is 0 Å². The van der Waals surface area contributed by atoms with Crippen molar-refractivity contribution in [2.24, 2.45) is 0 Å². The molecule has 0 fully saturated rings. The first-order chi connectivity index (χ1) is 17.5. The van der Waals surface area contributed by atoms with Crippen LogP contribution in [-0.4, -0.2) is 55.2 Å². The number of carbonyl (C=O) groups is 2. The summed E-state index contributed by atoms with van der Waals surface area (Å²) in [5, 5.41) is 2.91. The number of urea groups is 1. The average molecular weight is 510 g/mol. The molecule has 0 spiro atoms. The number of hydrogen-bond acceptors (Lipinski definition) is 5. The Morgan fingerprint density at radius 2 is 1.69 bits per heavy atom. The number of benzene rings is 2. The van der Waals surface area contributed by atoms with E-state index in [2.05, 4.69) is 24.4 Å². The Morgan fingerprint density at radius 3 is 2.33 bits per heavy atom. The van der Waals surface area contributed by atoms with E-state index in [1.165, 1.54) is 4.88 Å². The molecule has 1 heterocycles. The van der Waals surface area contributed by atoms with Gasteiger partial charge in [0.25, 0.3) is 0 Å². The third kappa shape index (κ3) is 8.70. The minimum absolute atomic E-state index is 0.0240. The van der Waals surface area contributed by atoms with Gasteiger partial charge in [-0.3, -0.25) is 4.79 Å². The Labute approximate surface area is 217 Å². The van der Waals surface area contributed by atoms with Crippen LogP contribution in [0.3, 0.4) is 0 Å². The van der Waals surface area contributed by atoms with Gasteiger partial charge < -0.3 is 24.6 Å². The Balaban J connectivity index is 1.73. The van der Waals surface area contributed by atoms with E-state index in [4.69, 9.17) is 9.47 Å². The monoisotopic (exact) mass is 509 g/mol. The summed E-state index contributed by atoms with van der Waals surface area (Å²) < 4.78 is 10.6.